The third-order valence-electron chi connectivity index (χ3n) is 3.66. The highest BCUT2D eigenvalue weighted by Crippen LogP contribution is 2.43. The maximum Gasteiger partial charge on any atom is 0.0994 e. The lowest BCUT2D eigenvalue weighted by atomic mass is 9.90. The van der Waals surface area contributed by atoms with Gasteiger partial charge in [-0.1, -0.05) is 36.4 Å². The average molecular weight is 219 g/mol. The third kappa shape index (κ3) is 1.31. The van der Waals surface area contributed by atoms with Crippen molar-refractivity contribution in [2.45, 2.75) is 19.3 Å². The SMILES string of the molecule is C=C(C)[C@@H]1Cc2cccc3ccc(C#N)c1c23. The van der Waals surface area contributed by atoms with Crippen LogP contribution in [0.3, 0.4) is 0 Å². The first kappa shape index (κ1) is 10.1. The van der Waals surface area contributed by atoms with Gasteiger partial charge in [0.25, 0.3) is 0 Å². The zero-order valence-corrected chi connectivity index (χ0v) is 9.83. The summed E-state index contributed by atoms with van der Waals surface area (Å²) < 4.78 is 0. The smallest absolute Gasteiger partial charge is 0.0994 e. The predicted octanol–water partition coefficient (Wildman–Crippen LogP) is 3.93. The molecule has 1 heteroatoms. The van der Waals surface area contributed by atoms with Crippen molar-refractivity contribution in [3.63, 3.8) is 0 Å². The first-order valence-corrected chi connectivity index (χ1v) is 5.82. The van der Waals surface area contributed by atoms with Gasteiger partial charge in [0.1, 0.15) is 0 Å². The van der Waals surface area contributed by atoms with Crippen LogP contribution in [0.5, 0.6) is 0 Å². The van der Waals surface area contributed by atoms with Crippen LogP contribution in [0.1, 0.15) is 29.5 Å². The maximum absolute atomic E-state index is 9.25. The molecule has 1 aliphatic rings. The topological polar surface area (TPSA) is 23.8 Å². The van der Waals surface area contributed by atoms with E-state index in [9.17, 15) is 5.26 Å². The summed E-state index contributed by atoms with van der Waals surface area (Å²) in [6, 6.07) is 12.7. The first-order chi connectivity index (χ1) is 8.22. The fourth-order valence-corrected chi connectivity index (χ4v) is 2.86. The Morgan fingerprint density at radius 2 is 2.18 bits per heavy atom. The molecule has 1 aliphatic carbocycles. The molecule has 1 nitrogen and oxygen atoms in total. The average Bonchev–Trinajstić information content (AvgIpc) is 2.72. The molecule has 1 atom stereocenters. The van der Waals surface area contributed by atoms with E-state index in [1.54, 1.807) is 0 Å². The second-order valence-electron chi connectivity index (χ2n) is 4.76. The van der Waals surface area contributed by atoms with Gasteiger partial charge in [0.2, 0.25) is 0 Å². The van der Waals surface area contributed by atoms with Crippen molar-refractivity contribution in [2.24, 2.45) is 0 Å². The summed E-state index contributed by atoms with van der Waals surface area (Å²) in [4.78, 5) is 0. The van der Waals surface area contributed by atoms with Crippen molar-refractivity contribution < 1.29 is 0 Å². The standard InChI is InChI=1S/C16H13N/c1-10(2)14-8-12-5-3-4-11-6-7-13(9-17)16(14)15(11)12/h3-7,14H,1,8H2,2H3/t14-/m0/s1. The predicted molar refractivity (Wildman–Crippen MR) is 69.9 cm³/mol. The van der Waals surface area contributed by atoms with Crippen LogP contribution < -0.4 is 0 Å². The van der Waals surface area contributed by atoms with Crippen LogP contribution in [0.4, 0.5) is 0 Å². The van der Waals surface area contributed by atoms with E-state index in [1.807, 2.05) is 12.1 Å². The Labute approximate surface area is 101 Å². The summed E-state index contributed by atoms with van der Waals surface area (Å²) in [5, 5.41) is 11.8. The van der Waals surface area contributed by atoms with Crippen LogP contribution in [-0.2, 0) is 6.42 Å². The van der Waals surface area contributed by atoms with Crippen LogP contribution in [0, 0.1) is 11.3 Å². The molecule has 3 rings (SSSR count). The highest BCUT2D eigenvalue weighted by molar-refractivity contribution is 5.93. The van der Waals surface area contributed by atoms with E-state index in [-0.39, 0.29) is 0 Å². The maximum atomic E-state index is 9.25. The largest absolute Gasteiger partial charge is 0.192 e. The lowest BCUT2D eigenvalue weighted by Gasteiger charge is -2.12. The Bertz CT molecular complexity index is 674. The Morgan fingerprint density at radius 1 is 1.35 bits per heavy atom. The van der Waals surface area contributed by atoms with Crippen LogP contribution in [0.25, 0.3) is 10.8 Å². The molecule has 82 valence electrons. The normalized spacial score (nSPS) is 17.1. The van der Waals surface area contributed by atoms with Crippen molar-refractivity contribution in [1.29, 1.82) is 5.26 Å². The van der Waals surface area contributed by atoms with Gasteiger partial charge >= 0.3 is 0 Å². The minimum Gasteiger partial charge on any atom is -0.192 e. The van der Waals surface area contributed by atoms with Crippen LogP contribution >= 0.6 is 0 Å². The van der Waals surface area contributed by atoms with Crippen molar-refractivity contribution in [1.82, 2.24) is 0 Å². The van der Waals surface area contributed by atoms with Crippen molar-refractivity contribution in [3.8, 4) is 6.07 Å². The number of hydrogen-bond acceptors (Lipinski definition) is 1. The number of allylic oxidation sites excluding steroid dienone is 1. The molecule has 0 radical (unpaired) electrons. The molecule has 0 unspecified atom stereocenters. The number of rotatable bonds is 1. The van der Waals surface area contributed by atoms with Crippen LogP contribution in [0.2, 0.25) is 0 Å². The van der Waals surface area contributed by atoms with E-state index in [0.29, 0.717) is 5.92 Å². The molecule has 0 fully saturated rings. The monoisotopic (exact) mass is 219 g/mol. The van der Waals surface area contributed by atoms with E-state index in [0.717, 1.165) is 17.6 Å². The van der Waals surface area contributed by atoms with Gasteiger partial charge in [0.05, 0.1) is 11.6 Å². The summed E-state index contributed by atoms with van der Waals surface area (Å²) in [5.41, 5.74) is 4.48. The minimum absolute atomic E-state index is 0.311. The van der Waals surface area contributed by atoms with Crippen molar-refractivity contribution in [3.05, 3.63) is 59.2 Å². The lowest BCUT2D eigenvalue weighted by Crippen LogP contribution is -1.99. The second-order valence-corrected chi connectivity index (χ2v) is 4.76. The molecule has 0 heterocycles. The van der Waals surface area contributed by atoms with E-state index >= 15 is 0 Å². The zero-order chi connectivity index (χ0) is 12.0. The number of nitrogens with zero attached hydrogens (tertiary/aromatic N) is 1. The molecule has 2 aromatic carbocycles. The molecule has 17 heavy (non-hydrogen) atoms. The fraction of sp³-hybridized carbons (Fsp3) is 0.188. The molecule has 0 saturated carbocycles. The number of hydrogen-bond donors (Lipinski definition) is 0. The number of benzene rings is 2. The van der Waals surface area contributed by atoms with Gasteiger partial charge < -0.3 is 0 Å². The van der Waals surface area contributed by atoms with Gasteiger partial charge in [-0.25, -0.2) is 0 Å². The molecule has 0 saturated heterocycles. The molecule has 0 N–H and O–H groups in total. The Morgan fingerprint density at radius 3 is 2.88 bits per heavy atom. The summed E-state index contributed by atoms with van der Waals surface area (Å²) in [6.45, 7) is 6.13. The van der Waals surface area contributed by atoms with E-state index in [2.05, 4.69) is 37.8 Å². The second kappa shape index (κ2) is 3.46. The van der Waals surface area contributed by atoms with Gasteiger partial charge in [-0.3, -0.25) is 0 Å². The van der Waals surface area contributed by atoms with E-state index in [1.165, 1.54) is 21.9 Å². The molecular weight excluding hydrogens is 206 g/mol. The first-order valence-electron chi connectivity index (χ1n) is 5.82. The summed E-state index contributed by atoms with van der Waals surface area (Å²) in [6.07, 6.45) is 0.987. The highest BCUT2D eigenvalue weighted by Gasteiger charge is 2.27. The van der Waals surface area contributed by atoms with Crippen LogP contribution in [0.15, 0.2) is 42.5 Å². The Hall–Kier alpha value is -2.07. The molecule has 0 amide bonds. The zero-order valence-electron chi connectivity index (χ0n) is 9.83. The number of nitriles is 1. The Kier molecular flexibility index (Phi) is 2.06. The molecule has 0 bridgehead atoms. The quantitative estimate of drug-likeness (QED) is 0.667. The molecule has 2 aromatic rings. The molecular formula is C16H13N. The van der Waals surface area contributed by atoms with E-state index < -0.39 is 0 Å². The van der Waals surface area contributed by atoms with Crippen LogP contribution in [-0.4, -0.2) is 0 Å². The highest BCUT2D eigenvalue weighted by atomic mass is 14.3. The lowest BCUT2D eigenvalue weighted by molar-refractivity contribution is 0.827. The summed E-state index contributed by atoms with van der Waals surface area (Å²) in [7, 11) is 0. The van der Waals surface area contributed by atoms with Gasteiger partial charge in [-0.05, 0) is 41.3 Å². The van der Waals surface area contributed by atoms with Gasteiger partial charge in [-0.2, -0.15) is 5.26 Å². The fourth-order valence-electron chi connectivity index (χ4n) is 2.86. The molecule has 0 spiro atoms. The van der Waals surface area contributed by atoms with Crippen molar-refractivity contribution in [2.75, 3.05) is 0 Å². The summed E-state index contributed by atoms with van der Waals surface area (Å²) in [5.74, 6) is 0.311. The molecule has 0 aliphatic heterocycles. The molecule has 0 aromatic heterocycles. The van der Waals surface area contributed by atoms with Gasteiger partial charge in [-0.15, -0.1) is 0 Å². The Balaban J connectivity index is 2.43. The van der Waals surface area contributed by atoms with E-state index in [4.69, 9.17) is 0 Å². The summed E-state index contributed by atoms with van der Waals surface area (Å²) >= 11 is 0. The van der Waals surface area contributed by atoms with Crippen molar-refractivity contribution >= 4 is 10.8 Å². The third-order valence-corrected chi connectivity index (χ3v) is 3.66. The van der Waals surface area contributed by atoms with Gasteiger partial charge in [0.15, 0.2) is 0 Å². The van der Waals surface area contributed by atoms with Gasteiger partial charge in [0, 0.05) is 5.92 Å². The minimum atomic E-state index is 0.311.